The second-order valence-corrected chi connectivity index (χ2v) is 7.43. The topological polar surface area (TPSA) is 73.9 Å². The predicted molar refractivity (Wildman–Crippen MR) is 119 cm³/mol. The molecule has 7 nitrogen and oxygen atoms in total. The molecule has 1 heterocycles. The molecule has 0 aliphatic carbocycles. The van der Waals surface area contributed by atoms with Crippen LogP contribution < -0.4 is 10.6 Å². The number of hydrogen-bond acceptors (Lipinski definition) is 4. The molecule has 1 saturated heterocycles. The van der Waals surface area contributed by atoms with Gasteiger partial charge in [0.15, 0.2) is 0 Å². The van der Waals surface area contributed by atoms with Crippen LogP contribution in [-0.4, -0.2) is 54.7 Å². The Kier molecular flexibility index (Phi) is 7.30. The monoisotopic (exact) mass is 410 g/mol. The van der Waals surface area contributed by atoms with Gasteiger partial charge in [-0.25, -0.2) is 9.59 Å². The number of likely N-dealkylation sites (N-methyl/N-ethyl adjacent to an activating group) is 1. The van der Waals surface area contributed by atoms with Crippen molar-refractivity contribution in [3.8, 4) is 0 Å². The van der Waals surface area contributed by atoms with Crippen molar-refractivity contribution < 1.29 is 14.3 Å². The lowest BCUT2D eigenvalue weighted by Gasteiger charge is -2.30. The molecule has 0 radical (unpaired) electrons. The van der Waals surface area contributed by atoms with Gasteiger partial charge in [-0.15, -0.1) is 0 Å². The molecule has 0 bridgehead atoms. The molecule has 1 fully saturated rings. The Morgan fingerprint density at radius 3 is 2.33 bits per heavy atom. The molecule has 3 rings (SSSR count). The lowest BCUT2D eigenvalue weighted by Crippen LogP contribution is -2.44. The number of urea groups is 1. The zero-order chi connectivity index (χ0) is 21.5. The van der Waals surface area contributed by atoms with Crippen LogP contribution in [0.1, 0.15) is 31.9 Å². The summed E-state index contributed by atoms with van der Waals surface area (Å²) in [6, 6.07) is 17.8. The summed E-state index contributed by atoms with van der Waals surface area (Å²) in [5.41, 5.74) is 2.58. The Balaban J connectivity index is 1.58. The highest BCUT2D eigenvalue weighted by atomic mass is 16.5. The van der Waals surface area contributed by atoms with Gasteiger partial charge < -0.3 is 15.0 Å². The molecule has 2 aromatic carbocycles. The average Bonchev–Trinajstić information content (AvgIpc) is 3.25. The fourth-order valence-electron chi connectivity index (χ4n) is 3.89. The van der Waals surface area contributed by atoms with Crippen molar-refractivity contribution in [2.75, 3.05) is 37.4 Å². The van der Waals surface area contributed by atoms with Crippen LogP contribution >= 0.6 is 0 Å². The molecule has 30 heavy (non-hydrogen) atoms. The van der Waals surface area contributed by atoms with Crippen molar-refractivity contribution in [3.05, 3.63) is 60.2 Å². The molecule has 2 aromatic rings. The van der Waals surface area contributed by atoms with Crippen molar-refractivity contribution in [3.63, 3.8) is 0 Å². The number of ether oxygens (including phenoxy) is 1. The van der Waals surface area contributed by atoms with Gasteiger partial charge in [-0.2, -0.15) is 0 Å². The first-order valence-electron chi connectivity index (χ1n) is 10.3. The highest BCUT2D eigenvalue weighted by molar-refractivity contribution is 5.90. The molecule has 1 aliphatic heterocycles. The number of carbonyl (C=O) groups excluding carboxylic acids is 2. The summed E-state index contributed by atoms with van der Waals surface area (Å²) in [7, 11) is 1.31. The van der Waals surface area contributed by atoms with E-state index in [2.05, 4.69) is 51.5 Å². The van der Waals surface area contributed by atoms with Gasteiger partial charge in [-0.1, -0.05) is 30.3 Å². The Hall–Kier alpha value is -3.06. The van der Waals surface area contributed by atoms with Crippen LogP contribution in [0, 0.1) is 0 Å². The standard InChI is InChI=1S/C23H30N4O3/c1-4-27(21-14-15-26(16-21)17(2)18-8-6-5-7-9-18)22(28)24-19-10-12-20(13-11-19)25-23(29)30-3/h5-13,17,21H,4,14-16H2,1-3H3,(H,24,28)(H,25,29)/t17-,21-/m0/s1. The molecule has 2 N–H and O–H groups in total. The van der Waals surface area contributed by atoms with E-state index in [1.54, 1.807) is 24.3 Å². The lowest BCUT2D eigenvalue weighted by molar-refractivity contribution is 0.183. The maximum Gasteiger partial charge on any atom is 0.411 e. The molecule has 1 aliphatic rings. The number of rotatable bonds is 6. The molecular formula is C23H30N4O3. The van der Waals surface area contributed by atoms with Gasteiger partial charge in [0.05, 0.1) is 7.11 Å². The van der Waals surface area contributed by atoms with Crippen LogP contribution in [0.5, 0.6) is 0 Å². The fourth-order valence-corrected chi connectivity index (χ4v) is 3.89. The number of likely N-dealkylation sites (tertiary alicyclic amines) is 1. The van der Waals surface area contributed by atoms with E-state index in [1.807, 2.05) is 17.9 Å². The van der Waals surface area contributed by atoms with E-state index < -0.39 is 6.09 Å². The quantitative estimate of drug-likeness (QED) is 0.732. The van der Waals surface area contributed by atoms with E-state index in [1.165, 1.54) is 12.7 Å². The maximum atomic E-state index is 12.9. The van der Waals surface area contributed by atoms with Crippen LogP contribution in [-0.2, 0) is 4.74 Å². The molecule has 2 atom stereocenters. The number of anilines is 2. The average molecular weight is 411 g/mol. The number of nitrogens with one attached hydrogen (secondary N) is 2. The summed E-state index contributed by atoms with van der Waals surface area (Å²) < 4.78 is 4.58. The van der Waals surface area contributed by atoms with Crippen molar-refractivity contribution in [1.82, 2.24) is 9.80 Å². The second-order valence-electron chi connectivity index (χ2n) is 7.43. The number of hydrogen-bond donors (Lipinski definition) is 2. The van der Waals surface area contributed by atoms with Crippen molar-refractivity contribution >= 4 is 23.5 Å². The summed E-state index contributed by atoms with van der Waals surface area (Å²) in [5, 5.41) is 5.55. The summed E-state index contributed by atoms with van der Waals surface area (Å²) >= 11 is 0. The molecule has 0 spiro atoms. The normalized spacial score (nSPS) is 17.2. The SMILES string of the molecule is CCN(C(=O)Nc1ccc(NC(=O)OC)cc1)[C@H]1CCN([C@@H](C)c2ccccc2)C1. The zero-order valence-corrected chi connectivity index (χ0v) is 17.8. The summed E-state index contributed by atoms with van der Waals surface area (Å²) in [5.74, 6) is 0. The van der Waals surface area contributed by atoms with Crippen LogP contribution in [0.4, 0.5) is 21.0 Å². The highest BCUT2D eigenvalue weighted by Crippen LogP contribution is 2.27. The van der Waals surface area contributed by atoms with Gasteiger partial charge >= 0.3 is 12.1 Å². The molecule has 0 aromatic heterocycles. The van der Waals surface area contributed by atoms with Crippen LogP contribution in [0.15, 0.2) is 54.6 Å². The van der Waals surface area contributed by atoms with E-state index in [0.29, 0.717) is 24.0 Å². The Bertz CT molecular complexity index is 841. The Labute approximate surface area is 178 Å². The summed E-state index contributed by atoms with van der Waals surface area (Å²) in [6.07, 6.45) is 0.430. The number of nitrogens with zero attached hydrogens (tertiary/aromatic N) is 2. The van der Waals surface area contributed by atoms with Gasteiger partial charge in [0.2, 0.25) is 0 Å². The summed E-state index contributed by atoms with van der Waals surface area (Å²) in [6.45, 7) is 6.70. The van der Waals surface area contributed by atoms with E-state index in [0.717, 1.165) is 19.5 Å². The van der Waals surface area contributed by atoms with Crippen LogP contribution in [0.2, 0.25) is 0 Å². The second kappa shape index (κ2) is 10.1. The molecule has 3 amide bonds. The van der Waals surface area contributed by atoms with Crippen LogP contribution in [0.25, 0.3) is 0 Å². The van der Waals surface area contributed by atoms with Crippen molar-refractivity contribution in [2.24, 2.45) is 0 Å². The third-order valence-corrected chi connectivity index (χ3v) is 5.63. The Morgan fingerprint density at radius 1 is 1.10 bits per heavy atom. The smallest absolute Gasteiger partial charge is 0.411 e. The number of methoxy groups -OCH3 is 1. The third-order valence-electron chi connectivity index (χ3n) is 5.63. The number of carbonyl (C=O) groups is 2. The van der Waals surface area contributed by atoms with E-state index >= 15 is 0 Å². The van der Waals surface area contributed by atoms with Gasteiger partial charge in [0.1, 0.15) is 0 Å². The maximum absolute atomic E-state index is 12.9. The van der Waals surface area contributed by atoms with Crippen molar-refractivity contribution in [2.45, 2.75) is 32.4 Å². The molecule has 7 heteroatoms. The molecule has 160 valence electrons. The largest absolute Gasteiger partial charge is 0.453 e. The predicted octanol–water partition coefficient (Wildman–Crippen LogP) is 4.55. The fraction of sp³-hybridized carbons (Fsp3) is 0.391. The van der Waals surface area contributed by atoms with E-state index in [4.69, 9.17) is 0 Å². The third kappa shape index (κ3) is 5.30. The van der Waals surface area contributed by atoms with E-state index in [-0.39, 0.29) is 12.1 Å². The highest BCUT2D eigenvalue weighted by Gasteiger charge is 2.32. The van der Waals surface area contributed by atoms with Gasteiger partial charge in [0.25, 0.3) is 0 Å². The van der Waals surface area contributed by atoms with Crippen molar-refractivity contribution in [1.29, 1.82) is 0 Å². The number of amides is 3. The minimum absolute atomic E-state index is 0.106. The molecule has 0 saturated carbocycles. The Morgan fingerprint density at radius 2 is 1.73 bits per heavy atom. The van der Waals surface area contributed by atoms with Crippen LogP contribution in [0.3, 0.4) is 0 Å². The zero-order valence-electron chi connectivity index (χ0n) is 17.8. The first-order chi connectivity index (χ1) is 14.5. The molecule has 0 unspecified atom stereocenters. The lowest BCUT2D eigenvalue weighted by atomic mass is 10.1. The minimum Gasteiger partial charge on any atom is -0.453 e. The van der Waals surface area contributed by atoms with Gasteiger partial charge in [-0.3, -0.25) is 10.2 Å². The first kappa shape index (κ1) is 21.6. The van der Waals surface area contributed by atoms with Gasteiger partial charge in [-0.05, 0) is 50.1 Å². The van der Waals surface area contributed by atoms with Gasteiger partial charge in [0, 0.05) is 43.1 Å². The number of benzene rings is 2. The molecular weight excluding hydrogens is 380 g/mol. The first-order valence-corrected chi connectivity index (χ1v) is 10.3. The summed E-state index contributed by atoms with van der Waals surface area (Å²) in [4.78, 5) is 28.5. The van der Waals surface area contributed by atoms with E-state index in [9.17, 15) is 9.59 Å². The minimum atomic E-state index is -0.528.